The van der Waals surface area contributed by atoms with Crippen LogP contribution in [0.25, 0.3) is 0 Å². The topological polar surface area (TPSA) is 99.3 Å². The van der Waals surface area contributed by atoms with E-state index in [1.807, 2.05) is 6.92 Å². The van der Waals surface area contributed by atoms with Crippen LogP contribution in [0.4, 0.5) is 0 Å². The van der Waals surface area contributed by atoms with E-state index in [4.69, 9.17) is 5.11 Å². The Kier molecular flexibility index (Phi) is 4.25. The Bertz CT molecular complexity index is 502. The summed E-state index contributed by atoms with van der Waals surface area (Å²) in [6.07, 6.45) is 0.523. The highest BCUT2D eigenvalue weighted by Crippen LogP contribution is 2.20. The lowest BCUT2D eigenvalue weighted by atomic mass is 10.0. The second kappa shape index (κ2) is 5.48. The van der Waals surface area contributed by atoms with Gasteiger partial charge in [0, 0.05) is 11.3 Å². The number of amides is 1. The SMILES string of the molecule is CCc1c(C(=O)NCC(=O)O)[nH]c(C)c1C(C)=O. The molecule has 0 aliphatic heterocycles. The first-order chi connectivity index (χ1) is 8.38. The Hall–Kier alpha value is -2.11. The average Bonchev–Trinajstić information content (AvgIpc) is 2.62. The molecular weight excluding hydrogens is 236 g/mol. The molecule has 98 valence electrons. The van der Waals surface area contributed by atoms with E-state index in [0.29, 0.717) is 23.2 Å². The number of carboxylic acids is 1. The normalized spacial score (nSPS) is 10.2. The van der Waals surface area contributed by atoms with Crippen molar-refractivity contribution in [2.75, 3.05) is 6.54 Å². The molecule has 0 aromatic carbocycles. The number of aromatic nitrogens is 1. The summed E-state index contributed by atoms with van der Waals surface area (Å²) in [5.74, 6) is -1.74. The van der Waals surface area contributed by atoms with Crippen molar-refractivity contribution in [3.63, 3.8) is 0 Å². The molecule has 0 saturated heterocycles. The smallest absolute Gasteiger partial charge is 0.322 e. The van der Waals surface area contributed by atoms with Crippen molar-refractivity contribution in [2.45, 2.75) is 27.2 Å². The van der Waals surface area contributed by atoms with Gasteiger partial charge in [0.1, 0.15) is 12.2 Å². The first-order valence-electron chi connectivity index (χ1n) is 5.60. The number of hydrogen-bond acceptors (Lipinski definition) is 3. The summed E-state index contributed by atoms with van der Waals surface area (Å²) < 4.78 is 0. The minimum atomic E-state index is -1.11. The van der Waals surface area contributed by atoms with Gasteiger partial charge in [-0.05, 0) is 25.8 Å². The molecule has 1 rings (SSSR count). The van der Waals surface area contributed by atoms with E-state index in [1.165, 1.54) is 6.92 Å². The van der Waals surface area contributed by atoms with E-state index in [9.17, 15) is 14.4 Å². The van der Waals surface area contributed by atoms with E-state index in [-0.39, 0.29) is 11.5 Å². The van der Waals surface area contributed by atoms with Crippen LogP contribution in [0.15, 0.2) is 0 Å². The number of carbonyl (C=O) groups excluding carboxylic acids is 2. The highest BCUT2D eigenvalue weighted by molar-refractivity contribution is 6.03. The predicted molar refractivity (Wildman–Crippen MR) is 64.9 cm³/mol. The number of nitrogens with one attached hydrogen (secondary N) is 2. The fraction of sp³-hybridized carbons (Fsp3) is 0.417. The van der Waals surface area contributed by atoms with Gasteiger partial charge >= 0.3 is 5.97 Å². The monoisotopic (exact) mass is 252 g/mol. The Morgan fingerprint density at radius 3 is 2.39 bits per heavy atom. The zero-order valence-electron chi connectivity index (χ0n) is 10.6. The molecule has 0 unspecified atom stereocenters. The fourth-order valence-electron chi connectivity index (χ4n) is 1.94. The summed E-state index contributed by atoms with van der Waals surface area (Å²) >= 11 is 0. The number of hydrogen-bond donors (Lipinski definition) is 3. The Labute approximate surface area is 104 Å². The maximum atomic E-state index is 11.8. The van der Waals surface area contributed by atoms with Gasteiger partial charge < -0.3 is 15.4 Å². The molecule has 0 radical (unpaired) electrons. The van der Waals surface area contributed by atoms with Crippen LogP contribution in [0.1, 0.15) is 46.0 Å². The van der Waals surface area contributed by atoms with Crippen LogP contribution in [0, 0.1) is 6.92 Å². The fourth-order valence-corrected chi connectivity index (χ4v) is 1.94. The lowest BCUT2D eigenvalue weighted by molar-refractivity contribution is -0.135. The van der Waals surface area contributed by atoms with Gasteiger partial charge in [0.2, 0.25) is 0 Å². The molecule has 0 spiro atoms. The van der Waals surface area contributed by atoms with Crippen molar-refractivity contribution in [1.82, 2.24) is 10.3 Å². The molecule has 1 aromatic rings. The van der Waals surface area contributed by atoms with Crippen molar-refractivity contribution < 1.29 is 19.5 Å². The summed E-state index contributed by atoms with van der Waals surface area (Å²) in [5.41, 5.74) is 2.03. The molecule has 0 aliphatic carbocycles. The Morgan fingerprint density at radius 2 is 1.94 bits per heavy atom. The van der Waals surface area contributed by atoms with Gasteiger partial charge in [0.15, 0.2) is 5.78 Å². The number of aryl methyl sites for hydroxylation is 1. The number of carboxylic acid groups (broad SMARTS) is 1. The van der Waals surface area contributed by atoms with Crippen molar-refractivity contribution in [3.8, 4) is 0 Å². The molecule has 0 atom stereocenters. The molecule has 1 heterocycles. The number of Topliss-reactive ketones (excluding diaryl/α,β-unsaturated/α-hetero) is 1. The van der Waals surface area contributed by atoms with E-state index in [2.05, 4.69) is 10.3 Å². The average molecular weight is 252 g/mol. The van der Waals surface area contributed by atoms with Crippen LogP contribution in [-0.4, -0.2) is 34.3 Å². The molecule has 0 bridgehead atoms. The molecule has 0 saturated carbocycles. The standard InChI is InChI=1S/C12H16N2O4/c1-4-8-10(7(3)15)6(2)14-11(8)12(18)13-5-9(16)17/h14H,4-5H2,1-3H3,(H,13,18)(H,16,17). The van der Waals surface area contributed by atoms with Gasteiger partial charge in [-0.1, -0.05) is 6.92 Å². The molecule has 6 nitrogen and oxygen atoms in total. The van der Waals surface area contributed by atoms with Gasteiger partial charge in [-0.3, -0.25) is 14.4 Å². The minimum absolute atomic E-state index is 0.113. The van der Waals surface area contributed by atoms with Crippen LogP contribution >= 0.6 is 0 Å². The number of H-pyrrole nitrogens is 1. The molecule has 3 N–H and O–H groups in total. The summed E-state index contributed by atoms with van der Waals surface area (Å²) in [7, 11) is 0. The highest BCUT2D eigenvalue weighted by atomic mass is 16.4. The molecule has 6 heteroatoms. The van der Waals surface area contributed by atoms with Crippen LogP contribution in [0.3, 0.4) is 0 Å². The summed E-state index contributed by atoms with van der Waals surface area (Å²) in [5, 5.41) is 10.8. The first kappa shape index (κ1) is 14.0. The third-order valence-corrected chi connectivity index (χ3v) is 2.62. The van der Waals surface area contributed by atoms with Crippen LogP contribution in [0.5, 0.6) is 0 Å². The first-order valence-corrected chi connectivity index (χ1v) is 5.60. The number of rotatable bonds is 5. The molecular formula is C12H16N2O4. The Morgan fingerprint density at radius 1 is 1.33 bits per heavy atom. The molecule has 0 fully saturated rings. The quantitative estimate of drug-likeness (QED) is 0.678. The minimum Gasteiger partial charge on any atom is -0.480 e. The highest BCUT2D eigenvalue weighted by Gasteiger charge is 2.21. The van der Waals surface area contributed by atoms with Crippen LogP contribution in [0.2, 0.25) is 0 Å². The molecule has 1 aromatic heterocycles. The van der Waals surface area contributed by atoms with Crippen molar-refractivity contribution >= 4 is 17.7 Å². The zero-order chi connectivity index (χ0) is 13.9. The van der Waals surface area contributed by atoms with E-state index in [0.717, 1.165) is 0 Å². The van der Waals surface area contributed by atoms with Gasteiger partial charge in [0.05, 0.1) is 0 Å². The van der Waals surface area contributed by atoms with Gasteiger partial charge in [-0.15, -0.1) is 0 Å². The zero-order valence-corrected chi connectivity index (χ0v) is 10.6. The lowest BCUT2D eigenvalue weighted by Crippen LogP contribution is -2.30. The molecule has 18 heavy (non-hydrogen) atoms. The van der Waals surface area contributed by atoms with Crippen molar-refractivity contribution in [1.29, 1.82) is 0 Å². The number of aliphatic carboxylic acids is 1. The number of carbonyl (C=O) groups is 3. The molecule has 0 aliphatic rings. The van der Waals surface area contributed by atoms with E-state index in [1.54, 1.807) is 6.92 Å². The third-order valence-electron chi connectivity index (χ3n) is 2.62. The van der Waals surface area contributed by atoms with Crippen molar-refractivity contribution in [3.05, 3.63) is 22.5 Å². The Balaban J connectivity index is 3.09. The summed E-state index contributed by atoms with van der Waals surface area (Å²) in [4.78, 5) is 36.5. The third kappa shape index (κ3) is 2.77. The molecule has 1 amide bonds. The maximum Gasteiger partial charge on any atom is 0.322 e. The van der Waals surface area contributed by atoms with Crippen molar-refractivity contribution in [2.24, 2.45) is 0 Å². The predicted octanol–water partition coefficient (Wildman–Crippen LogP) is 0.903. The van der Waals surface area contributed by atoms with E-state index >= 15 is 0 Å². The van der Waals surface area contributed by atoms with Crippen LogP contribution in [-0.2, 0) is 11.2 Å². The summed E-state index contributed by atoms with van der Waals surface area (Å²) in [6.45, 7) is 4.54. The number of aromatic amines is 1. The van der Waals surface area contributed by atoms with Gasteiger partial charge in [0.25, 0.3) is 5.91 Å². The van der Waals surface area contributed by atoms with Gasteiger partial charge in [-0.25, -0.2) is 0 Å². The lowest BCUT2D eigenvalue weighted by Gasteiger charge is -2.03. The largest absolute Gasteiger partial charge is 0.480 e. The van der Waals surface area contributed by atoms with Gasteiger partial charge in [-0.2, -0.15) is 0 Å². The van der Waals surface area contributed by atoms with E-state index < -0.39 is 18.4 Å². The number of ketones is 1. The maximum absolute atomic E-state index is 11.8. The second-order valence-corrected chi connectivity index (χ2v) is 3.96. The summed E-state index contributed by atoms with van der Waals surface area (Å²) in [6, 6.07) is 0. The van der Waals surface area contributed by atoms with Crippen LogP contribution < -0.4 is 5.32 Å². The second-order valence-electron chi connectivity index (χ2n) is 3.96.